The monoisotopic (exact) mass is 300 g/mol. The van der Waals surface area contributed by atoms with Crippen LogP contribution in [0.1, 0.15) is 5.56 Å². The average molecular weight is 300 g/mol. The van der Waals surface area contributed by atoms with E-state index in [2.05, 4.69) is 4.98 Å². The molecule has 0 bridgehead atoms. The molecule has 1 N–H and O–H groups in total. The van der Waals surface area contributed by atoms with Crippen molar-refractivity contribution >= 4 is 23.3 Å². The zero-order chi connectivity index (χ0) is 15.0. The van der Waals surface area contributed by atoms with E-state index in [1.807, 2.05) is 47.9 Å². The van der Waals surface area contributed by atoms with Gasteiger partial charge < -0.3 is 14.5 Å². The van der Waals surface area contributed by atoms with Crippen molar-refractivity contribution in [2.75, 3.05) is 14.2 Å². The van der Waals surface area contributed by atoms with E-state index in [0.717, 1.165) is 33.8 Å². The van der Waals surface area contributed by atoms with Gasteiger partial charge in [-0.1, -0.05) is 0 Å². The second-order valence-electron chi connectivity index (χ2n) is 4.80. The number of nitrogens with one attached hydrogen (secondary N) is 1. The number of ether oxygens (including phenoxy) is 2. The summed E-state index contributed by atoms with van der Waals surface area (Å²) in [5, 5.41) is 0. The van der Waals surface area contributed by atoms with Crippen LogP contribution in [0, 0.1) is 11.7 Å². The molecule has 5 heteroatoms. The Balaban J connectivity index is 2.25. The molecule has 0 saturated carbocycles. The lowest BCUT2D eigenvalue weighted by molar-refractivity contribution is 0.414. The number of hydrogen-bond donors (Lipinski definition) is 1. The van der Waals surface area contributed by atoms with Crippen molar-refractivity contribution in [1.29, 1.82) is 0 Å². The van der Waals surface area contributed by atoms with Crippen molar-refractivity contribution in [2.45, 2.75) is 6.92 Å². The highest BCUT2D eigenvalue weighted by molar-refractivity contribution is 7.71. The molecule has 0 saturated heterocycles. The summed E-state index contributed by atoms with van der Waals surface area (Å²) in [7, 11) is 3.32. The van der Waals surface area contributed by atoms with Crippen molar-refractivity contribution in [3.63, 3.8) is 0 Å². The molecular weight excluding hydrogens is 284 g/mol. The predicted molar refractivity (Wildman–Crippen MR) is 86.3 cm³/mol. The Morgan fingerprint density at radius 2 is 1.67 bits per heavy atom. The van der Waals surface area contributed by atoms with Gasteiger partial charge in [0.2, 0.25) is 0 Å². The highest BCUT2D eigenvalue weighted by atomic mass is 32.1. The summed E-state index contributed by atoms with van der Waals surface area (Å²) >= 11 is 5.47. The minimum Gasteiger partial charge on any atom is -0.497 e. The molecule has 21 heavy (non-hydrogen) atoms. The molecule has 0 spiro atoms. The van der Waals surface area contributed by atoms with E-state index >= 15 is 0 Å². The lowest BCUT2D eigenvalue weighted by Crippen LogP contribution is -1.97. The number of methoxy groups -OCH3 is 2. The number of hydrogen-bond acceptors (Lipinski definition) is 3. The third-order valence-electron chi connectivity index (χ3n) is 3.53. The summed E-state index contributed by atoms with van der Waals surface area (Å²) in [4.78, 5) is 3.22. The van der Waals surface area contributed by atoms with E-state index in [1.54, 1.807) is 14.2 Å². The smallest absolute Gasteiger partial charge is 0.182 e. The lowest BCUT2D eigenvalue weighted by atomic mass is 10.2. The first-order valence-electron chi connectivity index (χ1n) is 6.58. The molecule has 0 amide bonds. The summed E-state index contributed by atoms with van der Waals surface area (Å²) in [5.74, 6) is 1.64. The average Bonchev–Trinajstić information content (AvgIpc) is 2.82. The van der Waals surface area contributed by atoms with Crippen LogP contribution < -0.4 is 9.47 Å². The molecule has 1 heterocycles. The number of H-pyrrole nitrogens is 1. The van der Waals surface area contributed by atoms with Gasteiger partial charge in [-0.3, -0.25) is 4.57 Å². The summed E-state index contributed by atoms with van der Waals surface area (Å²) < 4.78 is 13.2. The van der Waals surface area contributed by atoms with Gasteiger partial charge in [0.05, 0.1) is 30.9 Å². The first kappa shape index (κ1) is 13.7. The van der Waals surface area contributed by atoms with Gasteiger partial charge in [-0.05, 0) is 55.0 Å². The van der Waals surface area contributed by atoms with Gasteiger partial charge in [0, 0.05) is 6.07 Å². The highest BCUT2D eigenvalue weighted by Crippen LogP contribution is 2.27. The molecule has 3 aromatic rings. The molecule has 0 radical (unpaired) electrons. The number of nitrogens with zero attached hydrogens (tertiary/aromatic N) is 1. The Labute approximate surface area is 127 Å². The molecule has 0 fully saturated rings. The summed E-state index contributed by atoms with van der Waals surface area (Å²) in [5.41, 5.74) is 4.11. The minimum absolute atomic E-state index is 0.659. The van der Waals surface area contributed by atoms with Crippen LogP contribution in [0.2, 0.25) is 0 Å². The summed E-state index contributed by atoms with van der Waals surface area (Å²) in [6.45, 7) is 2.04. The van der Waals surface area contributed by atoms with E-state index in [9.17, 15) is 0 Å². The molecule has 2 aromatic carbocycles. The topological polar surface area (TPSA) is 39.2 Å². The van der Waals surface area contributed by atoms with Crippen LogP contribution in [-0.4, -0.2) is 23.8 Å². The van der Waals surface area contributed by atoms with Gasteiger partial charge >= 0.3 is 0 Å². The van der Waals surface area contributed by atoms with Gasteiger partial charge in [-0.25, -0.2) is 0 Å². The lowest BCUT2D eigenvalue weighted by Gasteiger charge is -2.10. The van der Waals surface area contributed by atoms with E-state index in [1.165, 1.54) is 0 Å². The Kier molecular flexibility index (Phi) is 3.43. The first-order valence-corrected chi connectivity index (χ1v) is 6.98. The second-order valence-corrected chi connectivity index (χ2v) is 5.19. The maximum atomic E-state index is 5.47. The molecule has 0 aliphatic carbocycles. The standard InChI is InChI=1S/C16H16N2O2S/c1-10-8-11(19-2)4-6-14(10)18-15-7-5-12(20-3)9-13(15)17-16(18)21/h4-9H,1-3H3,(H,17,21). The predicted octanol–water partition coefficient (Wildman–Crippen LogP) is 4.01. The Morgan fingerprint density at radius 3 is 2.33 bits per heavy atom. The number of imidazole rings is 1. The molecule has 0 unspecified atom stereocenters. The summed E-state index contributed by atoms with van der Waals surface area (Å²) in [6.07, 6.45) is 0. The number of aromatic nitrogens is 2. The maximum absolute atomic E-state index is 5.47. The highest BCUT2D eigenvalue weighted by Gasteiger charge is 2.10. The van der Waals surface area contributed by atoms with Crippen LogP contribution in [0.25, 0.3) is 16.7 Å². The Hall–Kier alpha value is -2.27. The van der Waals surface area contributed by atoms with E-state index in [0.29, 0.717) is 4.77 Å². The fraction of sp³-hybridized carbons (Fsp3) is 0.188. The quantitative estimate of drug-likeness (QED) is 0.743. The van der Waals surface area contributed by atoms with Crippen molar-refractivity contribution in [1.82, 2.24) is 9.55 Å². The Bertz CT molecular complexity index is 864. The fourth-order valence-corrected chi connectivity index (χ4v) is 2.77. The molecule has 1 aromatic heterocycles. The van der Waals surface area contributed by atoms with Crippen LogP contribution in [0.4, 0.5) is 0 Å². The van der Waals surface area contributed by atoms with Crippen LogP contribution in [0.15, 0.2) is 36.4 Å². The van der Waals surface area contributed by atoms with E-state index in [-0.39, 0.29) is 0 Å². The number of fused-ring (bicyclic) bond motifs is 1. The number of aromatic amines is 1. The van der Waals surface area contributed by atoms with Gasteiger partial charge in [-0.15, -0.1) is 0 Å². The Morgan fingerprint density at radius 1 is 1.00 bits per heavy atom. The third-order valence-corrected chi connectivity index (χ3v) is 3.82. The molecule has 0 aliphatic heterocycles. The molecule has 0 atom stereocenters. The second kappa shape index (κ2) is 5.26. The van der Waals surface area contributed by atoms with Gasteiger partial charge in [0.25, 0.3) is 0 Å². The van der Waals surface area contributed by atoms with Crippen LogP contribution in [0.3, 0.4) is 0 Å². The number of aryl methyl sites for hydroxylation is 1. The van der Waals surface area contributed by atoms with Crippen LogP contribution >= 0.6 is 12.2 Å². The van der Waals surface area contributed by atoms with Crippen molar-refractivity contribution < 1.29 is 9.47 Å². The first-order chi connectivity index (χ1) is 10.1. The normalized spacial score (nSPS) is 10.8. The van der Waals surface area contributed by atoms with Gasteiger partial charge in [0.15, 0.2) is 4.77 Å². The summed E-state index contributed by atoms with van der Waals surface area (Å²) in [6, 6.07) is 11.8. The molecular formula is C16H16N2O2S. The van der Waals surface area contributed by atoms with Crippen LogP contribution in [0.5, 0.6) is 11.5 Å². The van der Waals surface area contributed by atoms with Crippen molar-refractivity contribution in [3.05, 3.63) is 46.7 Å². The number of rotatable bonds is 3. The zero-order valence-corrected chi connectivity index (χ0v) is 13.0. The van der Waals surface area contributed by atoms with Gasteiger partial charge in [0.1, 0.15) is 11.5 Å². The SMILES string of the molecule is COc1ccc(-n2c(=S)[nH]c3cc(OC)ccc32)c(C)c1. The molecule has 0 aliphatic rings. The maximum Gasteiger partial charge on any atom is 0.182 e. The van der Waals surface area contributed by atoms with Gasteiger partial charge in [-0.2, -0.15) is 0 Å². The van der Waals surface area contributed by atoms with Crippen molar-refractivity contribution in [3.8, 4) is 17.2 Å². The largest absolute Gasteiger partial charge is 0.497 e. The zero-order valence-electron chi connectivity index (χ0n) is 12.1. The van der Waals surface area contributed by atoms with Crippen LogP contribution in [-0.2, 0) is 0 Å². The minimum atomic E-state index is 0.659. The molecule has 4 nitrogen and oxygen atoms in total. The molecule has 108 valence electrons. The third kappa shape index (κ3) is 2.29. The van der Waals surface area contributed by atoms with E-state index < -0.39 is 0 Å². The number of benzene rings is 2. The van der Waals surface area contributed by atoms with Crippen molar-refractivity contribution in [2.24, 2.45) is 0 Å². The van der Waals surface area contributed by atoms with E-state index in [4.69, 9.17) is 21.7 Å². The molecule has 3 rings (SSSR count). The fourth-order valence-electron chi connectivity index (χ4n) is 2.46.